The predicted octanol–water partition coefficient (Wildman–Crippen LogP) is 3.85. The summed E-state index contributed by atoms with van der Waals surface area (Å²) in [5, 5.41) is 0. The van der Waals surface area contributed by atoms with Gasteiger partial charge >= 0.3 is 95.5 Å². The van der Waals surface area contributed by atoms with Crippen LogP contribution in [0.1, 0.15) is 59.3 Å². The molecule has 77 valence electrons. The summed E-state index contributed by atoms with van der Waals surface area (Å²) in [7, 11) is 0. The Kier molecular flexibility index (Phi) is 8.44. The SMILES string of the molecule is CCC(CC)(CC)CCCC[O][Ti]. The molecule has 13 heavy (non-hydrogen) atoms. The maximum absolute atomic E-state index is 5.06. The average Bonchev–Trinajstić information content (AvgIpc) is 2.20. The van der Waals surface area contributed by atoms with Gasteiger partial charge in [0.05, 0.1) is 0 Å². The molecule has 0 fully saturated rings. The molecule has 0 heterocycles. The van der Waals surface area contributed by atoms with E-state index in [2.05, 4.69) is 20.8 Å². The van der Waals surface area contributed by atoms with Gasteiger partial charge in [-0.1, -0.05) is 0 Å². The van der Waals surface area contributed by atoms with E-state index in [1.165, 1.54) is 38.5 Å². The molecule has 0 N–H and O–H groups in total. The molecule has 0 atom stereocenters. The van der Waals surface area contributed by atoms with Crippen molar-refractivity contribution in [1.82, 2.24) is 0 Å². The second-order valence-electron chi connectivity index (χ2n) is 3.87. The van der Waals surface area contributed by atoms with Crippen molar-refractivity contribution in [1.29, 1.82) is 0 Å². The van der Waals surface area contributed by atoms with Gasteiger partial charge in [0.1, 0.15) is 0 Å². The van der Waals surface area contributed by atoms with Crippen molar-refractivity contribution in [3.05, 3.63) is 0 Å². The molecule has 0 aliphatic rings. The second-order valence-corrected chi connectivity index (χ2v) is 4.32. The molecule has 0 amide bonds. The van der Waals surface area contributed by atoms with Crippen molar-refractivity contribution in [2.24, 2.45) is 5.41 Å². The normalized spacial score (nSPS) is 11.8. The third-order valence-corrected chi connectivity index (χ3v) is 3.77. The van der Waals surface area contributed by atoms with Gasteiger partial charge in [-0.15, -0.1) is 0 Å². The molecule has 2 heteroatoms. The van der Waals surface area contributed by atoms with Gasteiger partial charge in [0.25, 0.3) is 0 Å². The van der Waals surface area contributed by atoms with Gasteiger partial charge < -0.3 is 0 Å². The zero-order chi connectivity index (χ0) is 10.2. The number of unbranched alkanes of at least 4 members (excludes halogenated alkanes) is 1. The molecule has 0 spiro atoms. The fraction of sp³-hybridized carbons (Fsp3) is 1.00. The second kappa shape index (κ2) is 8.02. The van der Waals surface area contributed by atoms with Gasteiger partial charge in [0.2, 0.25) is 0 Å². The first-order valence-corrected chi connectivity index (χ1v) is 6.17. The van der Waals surface area contributed by atoms with E-state index in [1.54, 1.807) is 20.8 Å². The Hall–Kier alpha value is 0.674. The Morgan fingerprint density at radius 2 is 1.54 bits per heavy atom. The third kappa shape index (κ3) is 5.19. The summed E-state index contributed by atoms with van der Waals surface area (Å²) in [5.41, 5.74) is 0.619. The quantitative estimate of drug-likeness (QED) is 0.445. The van der Waals surface area contributed by atoms with Gasteiger partial charge in [-0.05, 0) is 0 Å². The van der Waals surface area contributed by atoms with Crippen molar-refractivity contribution in [2.45, 2.75) is 59.3 Å². The Bertz CT molecular complexity index is 102. The summed E-state index contributed by atoms with van der Waals surface area (Å²) in [6, 6.07) is 0. The van der Waals surface area contributed by atoms with E-state index in [0.717, 1.165) is 6.61 Å². The van der Waals surface area contributed by atoms with Crippen LogP contribution < -0.4 is 0 Å². The molecule has 0 aromatic heterocycles. The molecule has 0 unspecified atom stereocenters. The van der Waals surface area contributed by atoms with Crippen molar-refractivity contribution in [3.63, 3.8) is 0 Å². The molecule has 0 rings (SSSR count). The van der Waals surface area contributed by atoms with Crippen LogP contribution in [0.3, 0.4) is 0 Å². The first kappa shape index (κ1) is 13.7. The summed E-state index contributed by atoms with van der Waals surface area (Å²) in [6.45, 7) is 7.89. The van der Waals surface area contributed by atoms with Crippen LogP contribution in [0.15, 0.2) is 0 Å². The van der Waals surface area contributed by atoms with E-state index in [9.17, 15) is 0 Å². The van der Waals surface area contributed by atoms with Crippen LogP contribution >= 0.6 is 0 Å². The average molecular weight is 219 g/mol. The number of hydrogen-bond donors (Lipinski definition) is 0. The monoisotopic (exact) mass is 219 g/mol. The van der Waals surface area contributed by atoms with E-state index in [0.29, 0.717) is 5.41 Å². The Labute approximate surface area is 95.5 Å². The molecular formula is C11H23OTi. The van der Waals surface area contributed by atoms with Crippen molar-refractivity contribution in [3.8, 4) is 0 Å². The molecule has 0 radical (unpaired) electrons. The summed E-state index contributed by atoms with van der Waals surface area (Å²) in [4.78, 5) is 0. The molecule has 0 saturated carbocycles. The van der Waals surface area contributed by atoms with Gasteiger partial charge in [-0.3, -0.25) is 0 Å². The van der Waals surface area contributed by atoms with Gasteiger partial charge in [0.15, 0.2) is 0 Å². The van der Waals surface area contributed by atoms with Crippen LogP contribution in [0.5, 0.6) is 0 Å². The Balaban J connectivity index is 3.68. The summed E-state index contributed by atoms with van der Waals surface area (Å²) in [5.74, 6) is 0. The molecule has 0 saturated heterocycles. The number of rotatable bonds is 8. The summed E-state index contributed by atoms with van der Waals surface area (Å²) in [6.07, 6.45) is 7.90. The molecule has 0 aromatic rings. The van der Waals surface area contributed by atoms with Crippen LogP contribution in [-0.2, 0) is 24.1 Å². The van der Waals surface area contributed by atoms with Gasteiger partial charge in [0, 0.05) is 0 Å². The fourth-order valence-corrected chi connectivity index (χ4v) is 2.18. The van der Waals surface area contributed by atoms with Crippen LogP contribution in [0.4, 0.5) is 0 Å². The Morgan fingerprint density at radius 1 is 1.00 bits per heavy atom. The summed E-state index contributed by atoms with van der Waals surface area (Å²) >= 11 is 1.78. The molecule has 1 nitrogen and oxygen atoms in total. The summed E-state index contributed by atoms with van der Waals surface area (Å²) < 4.78 is 5.06. The zero-order valence-electron chi connectivity index (χ0n) is 9.36. The van der Waals surface area contributed by atoms with E-state index in [-0.39, 0.29) is 0 Å². The zero-order valence-corrected chi connectivity index (χ0v) is 10.9. The number of hydrogen-bond acceptors (Lipinski definition) is 1. The standard InChI is InChI=1S/C11H23O.Ti/c1-4-11(5-2,6-3)9-7-8-10-12;/h4-10H2,1-3H3;/q-1;+1. The molecule has 0 aliphatic heterocycles. The van der Waals surface area contributed by atoms with E-state index in [1.807, 2.05) is 0 Å². The molecular weight excluding hydrogens is 196 g/mol. The molecule has 0 bridgehead atoms. The first-order chi connectivity index (χ1) is 6.24. The van der Waals surface area contributed by atoms with E-state index >= 15 is 0 Å². The van der Waals surface area contributed by atoms with Crippen LogP contribution in [0.2, 0.25) is 0 Å². The van der Waals surface area contributed by atoms with Crippen LogP contribution in [-0.4, -0.2) is 6.61 Å². The van der Waals surface area contributed by atoms with Crippen molar-refractivity contribution >= 4 is 0 Å². The van der Waals surface area contributed by atoms with E-state index in [4.69, 9.17) is 3.32 Å². The van der Waals surface area contributed by atoms with Gasteiger partial charge in [-0.25, -0.2) is 0 Å². The van der Waals surface area contributed by atoms with Crippen LogP contribution in [0, 0.1) is 5.41 Å². The van der Waals surface area contributed by atoms with Gasteiger partial charge in [-0.2, -0.15) is 0 Å². The van der Waals surface area contributed by atoms with E-state index < -0.39 is 0 Å². The molecule has 0 aliphatic carbocycles. The van der Waals surface area contributed by atoms with Crippen LogP contribution in [0.25, 0.3) is 0 Å². The maximum atomic E-state index is 5.06. The minimum absolute atomic E-state index is 0.619. The first-order valence-electron chi connectivity index (χ1n) is 5.53. The third-order valence-electron chi connectivity index (χ3n) is 3.45. The fourth-order valence-electron chi connectivity index (χ4n) is 1.95. The molecule has 0 aromatic carbocycles. The predicted molar refractivity (Wildman–Crippen MR) is 53.1 cm³/mol. The van der Waals surface area contributed by atoms with Crippen molar-refractivity contribution in [2.75, 3.05) is 6.61 Å². The topological polar surface area (TPSA) is 9.23 Å². The Morgan fingerprint density at radius 3 is 1.92 bits per heavy atom. The van der Waals surface area contributed by atoms with Crippen molar-refractivity contribution < 1.29 is 24.1 Å². The minimum atomic E-state index is 0.619.